The van der Waals surface area contributed by atoms with Crippen LogP contribution in [0.5, 0.6) is 0 Å². The molecule has 0 unspecified atom stereocenters. The maximum atomic E-state index is 14.6. The second-order valence-corrected chi connectivity index (χ2v) is 6.26. The molecule has 1 aromatic heterocycles. The highest BCUT2D eigenvalue weighted by Crippen LogP contribution is 2.56. The number of hydrogen-bond donors (Lipinski definition) is 0. The highest BCUT2D eigenvalue weighted by molar-refractivity contribution is 14.1. The molecule has 0 spiro atoms. The number of pyridine rings is 1. The summed E-state index contributed by atoms with van der Waals surface area (Å²) in [6.45, 7) is 0. The standard InChI is InChI=1S/C15H5F10IN/c16-12(14(20,21)22,15(23,24)25)9-4-8(13(17,18)19)5-10(26)11(9)7-2-1-3-27-6-7/h1-4,6H. The van der Waals surface area contributed by atoms with E-state index in [1.54, 1.807) is 6.07 Å². The number of aromatic nitrogens is 1. The third-order valence-corrected chi connectivity index (χ3v) is 4.24. The van der Waals surface area contributed by atoms with Crippen molar-refractivity contribution in [1.29, 1.82) is 0 Å². The Labute approximate surface area is 158 Å². The molecular formula is C15H5F10IN. The van der Waals surface area contributed by atoms with Crippen LogP contribution in [0.3, 0.4) is 0 Å². The lowest BCUT2D eigenvalue weighted by molar-refractivity contribution is -0.348. The first-order valence-electron chi connectivity index (χ1n) is 6.67. The van der Waals surface area contributed by atoms with Gasteiger partial charge < -0.3 is 0 Å². The minimum Gasteiger partial charge on any atom is -0.264 e. The quantitative estimate of drug-likeness (QED) is 0.330. The van der Waals surface area contributed by atoms with E-state index in [0.29, 0.717) is 0 Å². The van der Waals surface area contributed by atoms with Crippen molar-refractivity contribution in [3.8, 4) is 11.1 Å². The first kappa shape index (κ1) is 21.7. The van der Waals surface area contributed by atoms with Gasteiger partial charge in [-0.1, -0.05) is 6.07 Å². The van der Waals surface area contributed by atoms with Crippen molar-refractivity contribution in [2.45, 2.75) is 24.2 Å². The molecule has 0 atom stereocenters. The lowest BCUT2D eigenvalue weighted by Gasteiger charge is -2.32. The van der Waals surface area contributed by atoms with Gasteiger partial charge in [0.05, 0.1) is 5.56 Å². The Bertz CT molecular complexity index is 809. The van der Waals surface area contributed by atoms with Gasteiger partial charge >= 0.3 is 24.2 Å². The van der Waals surface area contributed by atoms with Crippen LogP contribution in [0.2, 0.25) is 0 Å². The van der Waals surface area contributed by atoms with Crippen LogP contribution in [0.1, 0.15) is 11.1 Å². The Balaban J connectivity index is 3.01. The molecular weight excluding hydrogens is 511 g/mol. The average molecular weight is 516 g/mol. The maximum absolute atomic E-state index is 14.6. The van der Waals surface area contributed by atoms with Gasteiger partial charge in [-0.05, 0) is 34.7 Å². The zero-order valence-electron chi connectivity index (χ0n) is 12.5. The molecule has 2 rings (SSSR count). The topological polar surface area (TPSA) is 12.9 Å². The summed E-state index contributed by atoms with van der Waals surface area (Å²) in [4.78, 5) is 3.50. The Morgan fingerprint density at radius 2 is 1.44 bits per heavy atom. The van der Waals surface area contributed by atoms with Gasteiger partial charge in [0.25, 0.3) is 0 Å². The van der Waals surface area contributed by atoms with E-state index in [-0.39, 0.29) is 0 Å². The zero-order chi connectivity index (χ0) is 20.8. The minimum absolute atomic E-state index is 0.433. The van der Waals surface area contributed by atoms with E-state index in [1.165, 1.54) is 0 Å². The summed E-state index contributed by atoms with van der Waals surface area (Å²) < 4.78 is 131. The summed E-state index contributed by atoms with van der Waals surface area (Å²) in [5, 5.41) is 0. The van der Waals surface area contributed by atoms with E-state index in [1.807, 2.05) is 0 Å². The zero-order valence-corrected chi connectivity index (χ0v) is 14.6. The van der Waals surface area contributed by atoms with Crippen LogP contribution < -0.4 is 0 Å². The van der Waals surface area contributed by atoms with E-state index in [2.05, 4.69) is 4.98 Å². The third kappa shape index (κ3) is 3.85. The SMILES string of the molecule is FC(F)(F)c1[c]c(I)c(-c2cccnc2)c(C(F)(C(F)(F)F)C(F)(F)F)c1. The van der Waals surface area contributed by atoms with Crippen molar-refractivity contribution in [3.05, 3.63) is 51.4 Å². The normalized spacial score (nSPS) is 13.7. The average Bonchev–Trinajstić information content (AvgIpc) is 2.51. The second-order valence-electron chi connectivity index (χ2n) is 5.18. The van der Waals surface area contributed by atoms with Crippen molar-refractivity contribution in [1.82, 2.24) is 4.98 Å². The van der Waals surface area contributed by atoms with Gasteiger partial charge in [-0.15, -0.1) is 0 Å². The summed E-state index contributed by atoms with van der Waals surface area (Å²) in [6, 6.07) is 3.25. The van der Waals surface area contributed by atoms with Crippen LogP contribution in [-0.4, -0.2) is 17.3 Å². The largest absolute Gasteiger partial charge is 0.435 e. The van der Waals surface area contributed by atoms with Crippen molar-refractivity contribution < 1.29 is 43.9 Å². The Hall–Kier alpha value is -1.60. The molecule has 0 bridgehead atoms. The minimum atomic E-state index is -6.57. The summed E-state index contributed by atoms with van der Waals surface area (Å²) in [7, 11) is 0. The van der Waals surface area contributed by atoms with Crippen LogP contribution in [0, 0.1) is 9.64 Å². The van der Waals surface area contributed by atoms with Crippen molar-refractivity contribution in [2.75, 3.05) is 0 Å². The summed E-state index contributed by atoms with van der Waals surface area (Å²) in [5.41, 5.74) is -11.7. The number of alkyl halides is 10. The van der Waals surface area contributed by atoms with E-state index in [4.69, 9.17) is 0 Å². The van der Waals surface area contributed by atoms with Gasteiger partial charge in [0.2, 0.25) is 0 Å². The highest BCUT2D eigenvalue weighted by atomic mass is 127. The summed E-state index contributed by atoms with van der Waals surface area (Å²) >= 11 is 1.07. The number of benzene rings is 1. The van der Waals surface area contributed by atoms with Gasteiger partial charge in [0.15, 0.2) is 0 Å². The molecule has 0 amide bonds. The fraction of sp³-hybridized carbons (Fsp3) is 0.267. The predicted octanol–water partition coefficient (Wildman–Crippen LogP) is 6.46. The number of rotatable bonds is 2. The monoisotopic (exact) mass is 516 g/mol. The molecule has 0 fully saturated rings. The van der Waals surface area contributed by atoms with Gasteiger partial charge in [0.1, 0.15) is 0 Å². The van der Waals surface area contributed by atoms with Gasteiger partial charge in [0, 0.05) is 38.7 Å². The van der Waals surface area contributed by atoms with Gasteiger partial charge in [-0.25, -0.2) is 4.39 Å². The highest BCUT2D eigenvalue weighted by Gasteiger charge is 2.74. The first-order chi connectivity index (χ1) is 12.1. The lowest BCUT2D eigenvalue weighted by Crippen LogP contribution is -2.51. The van der Waals surface area contributed by atoms with E-state index < -0.39 is 56.1 Å². The lowest BCUT2D eigenvalue weighted by atomic mass is 9.86. The van der Waals surface area contributed by atoms with E-state index in [0.717, 1.165) is 47.1 Å². The van der Waals surface area contributed by atoms with Crippen molar-refractivity contribution in [2.24, 2.45) is 0 Å². The van der Waals surface area contributed by atoms with Crippen LogP contribution >= 0.6 is 22.6 Å². The molecule has 0 N–H and O–H groups in total. The van der Waals surface area contributed by atoms with E-state index >= 15 is 0 Å². The maximum Gasteiger partial charge on any atom is 0.435 e. The smallest absolute Gasteiger partial charge is 0.264 e. The molecule has 0 saturated carbocycles. The molecule has 2 aromatic rings. The molecule has 1 nitrogen and oxygen atoms in total. The van der Waals surface area contributed by atoms with Crippen LogP contribution in [0.4, 0.5) is 43.9 Å². The Morgan fingerprint density at radius 1 is 0.889 bits per heavy atom. The van der Waals surface area contributed by atoms with Crippen molar-refractivity contribution in [3.63, 3.8) is 0 Å². The number of halogens is 11. The third-order valence-electron chi connectivity index (χ3n) is 3.43. The van der Waals surface area contributed by atoms with E-state index in [9.17, 15) is 43.9 Å². The van der Waals surface area contributed by atoms with Crippen LogP contribution in [0.25, 0.3) is 11.1 Å². The molecule has 0 aliphatic rings. The predicted molar refractivity (Wildman–Crippen MR) is 81.1 cm³/mol. The Morgan fingerprint density at radius 3 is 1.85 bits per heavy atom. The number of nitrogens with zero attached hydrogens (tertiary/aromatic N) is 1. The van der Waals surface area contributed by atoms with Gasteiger partial charge in [-0.2, -0.15) is 39.5 Å². The second kappa shape index (κ2) is 6.78. The summed E-state index contributed by atoms with van der Waals surface area (Å²) in [6.07, 6.45) is -16.6. The number of hydrogen-bond acceptors (Lipinski definition) is 1. The van der Waals surface area contributed by atoms with Crippen LogP contribution in [0.15, 0.2) is 30.6 Å². The first-order valence-corrected chi connectivity index (χ1v) is 7.75. The molecule has 0 aliphatic carbocycles. The fourth-order valence-corrected chi connectivity index (χ4v) is 3.13. The molecule has 147 valence electrons. The summed E-state index contributed by atoms with van der Waals surface area (Å²) in [5.74, 6) is 0. The molecule has 27 heavy (non-hydrogen) atoms. The van der Waals surface area contributed by atoms with Crippen molar-refractivity contribution >= 4 is 22.6 Å². The molecule has 1 heterocycles. The van der Waals surface area contributed by atoms with Crippen LogP contribution in [-0.2, 0) is 11.8 Å². The molecule has 12 heteroatoms. The Kier molecular flexibility index (Phi) is 5.45. The molecule has 1 radical (unpaired) electrons. The molecule has 0 aliphatic heterocycles. The van der Waals surface area contributed by atoms with Gasteiger partial charge in [-0.3, -0.25) is 4.98 Å². The molecule has 1 aromatic carbocycles. The molecule has 0 saturated heterocycles. The fourth-order valence-electron chi connectivity index (χ4n) is 2.23.